The molecule has 5 nitrogen and oxygen atoms in total. The minimum Gasteiger partial charge on any atom is -0.309 e. The summed E-state index contributed by atoms with van der Waals surface area (Å²) in [6, 6.07) is 13.4. The van der Waals surface area contributed by atoms with Crippen LogP contribution in [0.25, 0.3) is 0 Å². The Morgan fingerprint density at radius 1 is 1.04 bits per heavy atom. The largest absolute Gasteiger partial charge is 0.309 e. The van der Waals surface area contributed by atoms with Gasteiger partial charge in [0.25, 0.3) is 0 Å². The van der Waals surface area contributed by atoms with E-state index in [4.69, 9.17) is 0 Å². The smallest absolute Gasteiger partial charge is 0.243 e. The van der Waals surface area contributed by atoms with Crippen LogP contribution in [-0.2, 0) is 34.2 Å². The minimum atomic E-state index is -3.56. The number of hydrogen-bond donors (Lipinski definition) is 0. The van der Waals surface area contributed by atoms with Gasteiger partial charge in [-0.05, 0) is 67.5 Å². The van der Waals surface area contributed by atoms with Gasteiger partial charge in [0.15, 0.2) is 0 Å². The van der Waals surface area contributed by atoms with Gasteiger partial charge in [0, 0.05) is 30.7 Å². The lowest BCUT2D eigenvalue weighted by Gasteiger charge is -2.28. The molecule has 28 heavy (non-hydrogen) atoms. The highest BCUT2D eigenvalue weighted by atomic mass is 32.2. The zero-order valence-electron chi connectivity index (χ0n) is 16.0. The third kappa shape index (κ3) is 2.86. The maximum Gasteiger partial charge on any atom is 0.243 e. The Morgan fingerprint density at radius 3 is 2.54 bits per heavy atom. The third-order valence-electron chi connectivity index (χ3n) is 6.16. The van der Waals surface area contributed by atoms with Gasteiger partial charge < -0.3 is 4.90 Å². The first kappa shape index (κ1) is 17.9. The Morgan fingerprint density at radius 2 is 1.79 bits per heavy atom. The van der Waals surface area contributed by atoms with Crippen LogP contribution in [0.5, 0.6) is 0 Å². The minimum absolute atomic E-state index is 0.0860. The van der Waals surface area contributed by atoms with E-state index in [0.717, 1.165) is 36.1 Å². The molecule has 1 atom stereocenters. The summed E-state index contributed by atoms with van der Waals surface area (Å²) in [6.07, 6.45) is 3.39. The predicted octanol–water partition coefficient (Wildman–Crippen LogP) is 3.12. The average Bonchev–Trinajstić information content (AvgIpc) is 3.49. The molecule has 6 heteroatoms. The molecule has 0 aromatic heterocycles. The first-order valence-electron chi connectivity index (χ1n) is 9.98. The molecular formula is C22H24N2O3S. The summed E-state index contributed by atoms with van der Waals surface area (Å²) in [6.45, 7) is 2.95. The lowest BCUT2D eigenvalue weighted by atomic mass is 10.0. The molecule has 1 fully saturated rings. The first-order valence-corrected chi connectivity index (χ1v) is 11.4. The van der Waals surface area contributed by atoms with Crippen LogP contribution in [0.4, 0.5) is 5.69 Å². The van der Waals surface area contributed by atoms with E-state index in [1.807, 2.05) is 36.1 Å². The summed E-state index contributed by atoms with van der Waals surface area (Å²) in [5.41, 5.74) is 4.14. The van der Waals surface area contributed by atoms with Gasteiger partial charge >= 0.3 is 0 Å². The monoisotopic (exact) mass is 396 g/mol. The van der Waals surface area contributed by atoms with Crippen molar-refractivity contribution in [2.75, 3.05) is 11.4 Å². The number of benzene rings is 2. The molecule has 146 valence electrons. The van der Waals surface area contributed by atoms with Gasteiger partial charge in [-0.25, -0.2) is 8.42 Å². The fourth-order valence-corrected chi connectivity index (χ4v) is 5.92. The maximum absolute atomic E-state index is 13.3. The molecule has 0 unspecified atom stereocenters. The fraction of sp³-hybridized carbons (Fsp3) is 0.409. The SMILES string of the molecule is C[C@H]1Cc2cc(S(=O)(=O)N3CCc4ccccc4C3)ccc2N1C(=O)C1CC1. The second-order valence-corrected chi connectivity index (χ2v) is 10.1. The normalized spacial score (nSPS) is 22.0. The fourth-order valence-electron chi connectivity index (χ4n) is 4.45. The molecule has 2 aliphatic heterocycles. The number of carbonyl (C=O) groups is 1. The maximum atomic E-state index is 13.3. The van der Waals surface area contributed by atoms with Crippen molar-refractivity contribution in [3.63, 3.8) is 0 Å². The van der Waals surface area contributed by atoms with Crippen LogP contribution in [-0.4, -0.2) is 31.2 Å². The van der Waals surface area contributed by atoms with Crippen molar-refractivity contribution in [1.29, 1.82) is 0 Å². The Kier molecular flexibility index (Phi) is 4.10. The number of hydrogen-bond acceptors (Lipinski definition) is 3. The lowest BCUT2D eigenvalue weighted by Crippen LogP contribution is -2.36. The molecule has 0 spiro atoms. The van der Waals surface area contributed by atoms with Gasteiger partial charge in [0.1, 0.15) is 0 Å². The van der Waals surface area contributed by atoms with E-state index in [2.05, 4.69) is 6.07 Å². The zero-order valence-corrected chi connectivity index (χ0v) is 16.8. The van der Waals surface area contributed by atoms with Gasteiger partial charge in [-0.15, -0.1) is 0 Å². The van der Waals surface area contributed by atoms with E-state index >= 15 is 0 Å². The number of sulfonamides is 1. The van der Waals surface area contributed by atoms with E-state index in [1.54, 1.807) is 16.4 Å². The van der Waals surface area contributed by atoms with Crippen molar-refractivity contribution >= 4 is 21.6 Å². The zero-order chi connectivity index (χ0) is 19.5. The van der Waals surface area contributed by atoms with Crippen LogP contribution in [0.1, 0.15) is 36.5 Å². The molecule has 0 N–H and O–H groups in total. The van der Waals surface area contributed by atoms with Gasteiger partial charge in [0.2, 0.25) is 15.9 Å². The Balaban J connectivity index is 1.44. The van der Waals surface area contributed by atoms with Crippen molar-refractivity contribution in [3.05, 3.63) is 59.2 Å². The summed E-state index contributed by atoms with van der Waals surface area (Å²) in [7, 11) is -3.56. The van der Waals surface area contributed by atoms with Gasteiger partial charge in [-0.2, -0.15) is 4.31 Å². The van der Waals surface area contributed by atoms with Crippen LogP contribution < -0.4 is 4.90 Å². The predicted molar refractivity (Wildman–Crippen MR) is 108 cm³/mol. The Labute approximate surface area is 166 Å². The first-order chi connectivity index (χ1) is 13.4. The molecule has 0 bridgehead atoms. The van der Waals surface area contributed by atoms with E-state index in [9.17, 15) is 13.2 Å². The Hall–Kier alpha value is -2.18. The molecule has 0 radical (unpaired) electrons. The van der Waals surface area contributed by atoms with Crippen molar-refractivity contribution < 1.29 is 13.2 Å². The molecule has 1 saturated carbocycles. The van der Waals surface area contributed by atoms with E-state index in [-0.39, 0.29) is 17.9 Å². The summed E-state index contributed by atoms with van der Waals surface area (Å²) in [5.74, 6) is 0.347. The molecule has 1 aliphatic carbocycles. The summed E-state index contributed by atoms with van der Waals surface area (Å²) < 4.78 is 28.1. The van der Waals surface area contributed by atoms with Crippen molar-refractivity contribution in [2.45, 2.75) is 50.1 Å². The van der Waals surface area contributed by atoms with E-state index in [0.29, 0.717) is 24.4 Å². The highest BCUT2D eigenvalue weighted by Crippen LogP contribution is 2.40. The highest BCUT2D eigenvalue weighted by Gasteiger charge is 2.40. The van der Waals surface area contributed by atoms with Crippen LogP contribution in [0, 0.1) is 5.92 Å². The molecular weight excluding hydrogens is 372 g/mol. The molecule has 2 aromatic rings. The summed E-state index contributed by atoms with van der Waals surface area (Å²) in [5, 5.41) is 0. The molecule has 3 aliphatic rings. The molecule has 5 rings (SSSR count). The third-order valence-corrected chi connectivity index (χ3v) is 8.01. The number of rotatable bonds is 3. The number of amides is 1. The second-order valence-electron chi connectivity index (χ2n) is 8.18. The van der Waals surface area contributed by atoms with Crippen LogP contribution >= 0.6 is 0 Å². The molecule has 2 aromatic carbocycles. The van der Waals surface area contributed by atoms with Crippen molar-refractivity contribution in [1.82, 2.24) is 4.31 Å². The number of nitrogens with zero attached hydrogens (tertiary/aromatic N) is 2. The van der Waals surface area contributed by atoms with Crippen molar-refractivity contribution in [3.8, 4) is 0 Å². The van der Waals surface area contributed by atoms with Gasteiger partial charge in [-0.1, -0.05) is 24.3 Å². The van der Waals surface area contributed by atoms with Gasteiger partial charge in [0.05, 0.1) is 4.90 Å². The topological polar surface area (TPSA) is 57.7 Å². The standard InChI is InChI=1S/C22H24N2O3S/c1-15-12-19-13-20(8-9-21(19)24(15)22(25)17-6-7-17)28(26,27)23-11-10-16-4-2-3-5-18(16)14-23/h2-5,8-9,13,15,17H,6-7,10-12,14H2,1H3/t15-/m0/s1. The van der Waals surface area contributed by atoms with Crippen molar-refractivity contribution in [2.24, 2.45) is 5.92 Å². The lowest BCUT2D eigenvalue weighted by molar-refractivity contribution is -0.120. The van der Waals surface area contributed by atoms with Crippen LogP contribution in [0.3, 0.4) is 0 Å². The average molecular weight is 397 g/mol. The Bertz CT molecular complexity index is 1060. The second kappa shape index (κ2) is 6.42. The molecule has 1 amide bonds. The quantitative estimate of drug-likeness (QED) is 0.801. The number of fused-ring (bicyclic) bond motifs is 2. The number of anilines is 1. The van der Waals surface area contributed by atoms with Crippen LogP contribution in [0.2, 0.25) is 0 Å². The number of carbonyl (C=O) groups excluding carboxylic acids is 1. The van der Waals surface area contributed by atoms with E-state index in [1.165, 1.54) is 5.56 Å². The molecule has 2 heterocycles. The van der Waals surface area contributed by atoms with E-state index < -0.39 is 10.0 Å². The summed E-state index contributed by atoms with van der Waals surface area (Å²) in [4.78, 5) is 14.8. The summed E-state index contributed by atoms with van der Waals surface area (Å²) >= 11 is 0. The highest BCUT2D eigenvalue weighted by molar-refractivity contribution is 7.89. The van der Waals surface area contributed by atoms with Gasteiger partial charge in [-0.3, -0.25) is 4.79 Å². The van der Waals surface area contributed by atoms with Crippen LogP contribution in [0.15, 0.2) is 47.4 Å². The molecule has 0 saturated heterocycles.